The number of nitrogens with one attached hydrogen (secondary N) is 3. The number of hydrogen-bond acceptors (Lipinski definition) is 7. The predicted octanol–water partition coefficient (Wildman–Crippen LogP) is 3.63. The number of rotatable bonds is 6. The van der Waals surface area contributed by atoms with Crippen LogP contribution in [0.15, 0.2) is 42.7 Å². The third kappa shape index (κ3) is 4.42. The van der Waals surface area contributed by atoms with Crippen molar-refractivity contribution in [3.05, 3.63) is 53.9 Å². The molecule has 31 heavy (non-hydrogen) atoms. The third-order valence-corrected chi connectivity index (χ3v) is 5.33. The largest absolute Gasteiger partial charge is 0.496 e. The molecule has 3 N–H and O–H groups in total. The van der Waals surface area contributed by atoms with Gasteiger partial charge in [0.05, 0.1) is 12.8 Å². The Hall–Kier alpha value is -3.68. The van der Waals surface area contributed by atoms with E-state index in [2.05, 4.69) is 50.8 Å². The monoisotopic (exact) mass is 418 g/mol. The molecule has 2 aromatic heterocycles. The van der Waals surface area contributed by atoms with Gasteiger partial charge in [-0.2, -0.15) is 0 Å². The lowest BCUT2D eigenvalue weighted by Gasteiger charge is -2.17. The molecule has 0 atom stereocenters. The maximum Gasteiger partial charge on any atom is 0.227 e. The van der Waals surface area contributed by atoms with Crippen molar-refractivity contribution in [1.29, 1.82) is 0 Å². The van der Waals surface area contributed by atoms with E-state index in [0.717, 1.165) is 34.9 Å². The van der Waals surface area contributed by atoms with Crippen molar-refractivity contribution >= 4 is 23.4 Å². The summed E-state index contributed by atoms with van der Waals surface area (Å²) in [5.74, 6) is 2.02. The fourth-order valence-electron chi connectivity index (χ4n) is 3.58. The van der Waals surface area contributed by atoms with E-state index in [9.17, 15) is 4.79 Å². The summed E-state index contributed by atoms with van der Waals surface area (Å²) < 4.78 is 5.39. The van der Waals surface area contributed by atoms with Crippen molar-refractivity contribution in [2.75, 3.05) is 24.3 Å². The molecule has 3 heterocycles. The number of ether oxygens (including phenoxy) is 1. The number of aromatic nitrogens is 3. The van der Waals surface area contributed by atoms with Crippen molar-refractivity contribution in [3.8, 4) is 17.0 Å². The molecule has 0 aliphatic carbocycles. The van der Waals surface area contributed by atoms with Gasteiger partial charge in [-0.1, -0.05) is 13.8 Å². The molecular formula is C23H26N6O2. The quantitative estimate of drug-likeness (QED) is 0.562. The van der Waals surface area contributed by atoms with E-state index in [4.69, 9.17) is 4.74 Å². The molecule has 0 saturated carbocycles. The van der Waals surface area contributed by atoms with Gasteiger partial charge in [0.2, 0.25) is 11.9 Å². The highest BCUT2D eigenvalue weighted by molar-refractivity contribution is 5.73. The number of nitrogens with zero attached hydrogens (tertiary/aromatic N) is 3. The molecule has 1 aliphatic heterocycles. The molecule has 0 unspecified atom stereocenters. The minimum Gasteiger partial charge on any atom is -0.496 e. The zero-order chi connectivity index (χ0) is 22.0. The number of methoxy groups -OCH3 is 1. The second-order valence-electron chi connectivity index (χ2n) is 8.18. The number of benzene rings is 1. The first kappa shape index (κ1) is 20.6. The van der Waals surface area contributed by atoms with Gasteiger partial charge in [-0.25, -0.2) is 15.0 Å². The van der Waals surface area contributed by atoms with Gasteiger partial charge in [0.1, 0.15) is 11.6 Å². The first-order valence-electron chi connectivity index (χ1n) is 10.1. The molecule has 1 aromatic carbocycles. The topological polar surface area (TPSA) is 101 Å². The molecule has 0 bridgehead atoms. The summed E-state index contributed by atoms with van der Waals surface area (Å²) in [5, 5.41) is 9.39. The summed E-state index contributed by atoms with van der Waals surface area (Å²) in [5.41, 5.74) is 4.62. The standard InChI is InChI=1S/C23H26N6O2/c1-14(30)25-12-16-9-17(5-6-20(16)31-4)28-22-24-8-7-19(29-22)15-10-18-21(26-11-15)27-13-23(18,2)3/h5-11H,12-13H2,1-4H3,(H,25,30)(H,26,27)(H,24,28,29). The van der Waals surface area contributed by atoms with Crippen LogP contribution < -0.4 is 20.7 Å². The molecule has 4 rings (SSSR count). The first-order chi connectivity index (χ1) is 14.9. The van der Waals surface area contributed by atoms with Gasteiger partial charge in [-0.05, 0) is 30.3 Å². The van der Waals surface area contributed by atoms with E-state index < -0.39 is 0 Å². The van der Waals surface area contributed by atoms with Crippen LogP contribution in [-0.2, 0) is 16.8 Å². The van der Waals surface area contributed by atoms with E-state index in [1.165, 1.54) is 12.5 Å². The summed E-state index contributed by atoms with van der Waals surface area (Å²) >= 11 is 0. The number of hydrogen-bond donors (Lipinski definition) is 3. The summed E-state index contributed by atoms with van der Waals surface area (Å²) in [4.78, 5) is 24.9. The SMILES string of the molecule is COc1ccc(Nc2nccc(-c3cnc4c(c3)C(C)(C)CN4)n2)cc1CNC(C)=O. The molecule has 1 amide bonds. The Morgan fingerprint density at radius 3 is 2.84 bits per heavy atom. The van der Waals surface area contributed by atoms with Gasteiger partial charge in [0.15, 0.2) is 0 Å². The normalized spacial score (nSPS) is 13.8. The zero-order valence-corrected chi connectivity index (χ0v) is 18.1. The van der Waals surface area contributed by atoms with Crippen LogP contribution in [0, 0.1) is 0 Å². The molecule has 0 radical (unpaired) electrons. The maximum absolute atomic E-state index is 11.3. The van der Waals surface area contributed by atoms with Crippen LogP contribution in [0.25, 0.3) is 11.3 Å². The number of carbonyl (C=O) groups excluding carboxylic acids is 1. The Balaban J connectivity index is 1.59. The number of carbonyl (C=O) groups is 1. The van der Waals surface area contributed by atoms with Crippen LogP contribution in [0.3, 0.4) is 0 Å². The van der Waals surface area contributed by atoms with Crippen molar-refractivity contribution in [1.82, 2.24) is 20.3 Å². The average molecular weight is 419 g/mol. The molecule has 8 heteroatoms. The Morgan fingerprint density at radius 2 is 2.06 bits per heavy atom. The summed E-state index contributed by atoms with van der Waals surface area (Å²) in [6, 6.07) is 9.67. The third-order valence-electron chi connectivity index (χ3n) is 5.33. The van der Waals surface area contributed by atoms with E-state index in [-0.39, 0.29) is 11.3 Å². The van der Waals surface area contributed by atoms with E-state index >= 15 is 0 Å². The van der Waals surface area contributed by atoms with Gasteiger partial charge in [0, 0.05) is 60.2 Å². The lowest BCUT2D eigenvalue weighted by atomic mass is 9.87. The van der Waals surface area contributed by atoms with Crippen LogP contribution in [0.2, 0.25) is 0 Å². The fourth-order valence-corrected chi connectivity index (χ4v) is 3.58. The second kappa shape index (κ2) is 8.22. The lowest BCUT2D eigenvalue weighted by Crippen LogP contribution is -2.19. The van der Waals surface area contributed by atoms with Gasteiger partial charge < -0.3 is 20.7 Å². The molecular weight excluding hydrogens is 392 g/mol. The average Bonchev–Trinajstić information content (AvgIpc) is 3.06. The number of amides is 1. The molecule has 160 valence electrons. The van der Waals surface area contributed by atoms with Crippen molar-refractivity contribution in [2.45, 2.75) is 32.7 Å². The molecule has 0 fully saturated rings. The number of fused-ring (bicyclic) bond motifs is 1. The van der Waals surface area contributed by atoms with Crippen LogP contribution in [0.1, 0.15) is 31.9 Å². The van der Waals surface area contributed by atoms with Crippen LogP contribution in [0.5, 0.6) is 5.75 Å². The summed E-state index contributed by atoms with van der Waals surface area (Å²) in [6.45, 7) is 7.13. The minimum atomic E-state index is -0.0993. The summed E-state index contributed by atoms with van der Waals surface area (Å²) in [6.07, 6.45) is 3.56. The smallest absolute Gasteiger partial charge is 0.227 e. The van der Waals surface area contributed by atoms with Gasteiger partial charge >= 0.3 is 0 Å². The predicted molar refractivity (Wildman–Crippen MR) is 121 cm³/mol. The molecule has 0 spiro atoms. The maximum atomic E-state index is 11.3. The molecule has 0 saturated heterocycles. The zero-order valence-electron chi connectivity index (χ0n) is 18.1. The van der Waals surface area contributed by atoms with Gasteiger partial charge in [-0.15, -0.1) is 0 Å². The Morgan fingerprint density at radius 1 is 1.23 bits per heavy atom. The van der Waals surface area contributed by atoms with Crippen LogP contribution in [0.4, 0.5) is 17.5 Å². The number of anilines is 3. The van der Waals surface area contributed by atoms with E-state index in [1.54, 1.807) is 13.3 Å². The number of pyridine rings is 1. The molecule has 3 aromatic rings. The Labute approximate surface area is 181 Å². The van der Waals surface area contributed by atoms with Crippen LogP contribution >= 0.6 is 0 Å². The van der Waals surface area contributed by atoms with Crippen molar-refractivity contribution in [2.24, 2.45) is 0 Å². The highest BCUT2D eigenvalue weighted by Gasteiger charge is 2.31. The van der Waals surface area contributed by atoms with Crippen LogP contribution in [-0.4, -0.2) is 34.5 Å². The fraction of sp³-hybridized carbons (Fsp3) is 0.304. The lowest BCUT2D eigenvalue weighted by molar-refractivity contribution is -0.119. The highest BCUT2D eigenvalue weighted by atomic mass is 16.5. The summed E-state index contributed by atoms with van der Waals surface area (Å²) in [7, 11) is 1.60. The molecule has 1 aliphatic rings. The minimum absolute atomic E-state index is 0.0276. The second-order valence-corrected chi connectivity index (χ2v) is 8.18. The first-order valence-corrected chi connectivity index (χ1v) is 10.1. The Kier molecular flexibility index (Phi) is 5.46. The van der Waals surface area contributed by atoms with Crippen molar-refractivity contribution in [3.63, 3.8) is 0 Å². The van der Waals surface area contributed by atoms with E-state index in [0.29, 0.717) is 18.2 Å². The Bertz CT molecular complexity index is 1130. The van der Waals surface area contributed by atoms with Gasteiger partial charge in [0.25, 0.3) is 0 Å². The van der Waals surface area contributed by atoms with Crippen molar-refractivity contribution < 1.29 is 9.53 Å². The van der Waals surface area contributed by atoms with E-state index in [1.807, 2.05) is 30.5 Å². The molecule has 8 nitrogen and oxygen atoms in total. The van der Waals surface area contributed by atoms with Gasteiger partial charge in [-0.3, -0.25) is 4.79 Å². The highest BCUT2D eigenvalue weighted by Crippen LogP contribution is 2.36.